The van der Waals surface area contributed by atoms with Crippen molar-refractivity contribution in [3.05, 3.63) is 77.9 Å². The standard InChI is InChI=1S/C24H28N2O3S/c1-18(2)30(28)26-13-12-19-8-9-22-17-23(11-10-21(22)16-19)29-15-14-25-24(27)20-6-4-3-5-7-20/h3-11,16-18,26H,12-15H2,1-2H3,(H,25,27). The molecule has 3 rings (SSSR count). The maximum atomic E-state index is 12.0. The van der Waals surface area contributed by atoms with Crippen LogP contribution in [0.1, 0.15) is 29.8 Å². The fraction of sp³-hybridized carbons (Fsp3) is 0.292. The van der Waals surface area contributed by atoms with Gasteiger partial charge in [-0.1, -0.05) is 42.5 Å². The molecule has 1 amide bonds. The van der Waals surface area contributed by atoms with Crippen LogP contribution in [-0.2, 0) is 17.4 Å². The van der Waals surface area contributed by atoms with Gasteiger partial charge < -0.3 is 10.1 Å². The van der Waals surface area contributed by atoms with Crippen molar-refractivity contribution < 1.29 is 13.7 Å². The van der Waals surface area contributed by atoms with Gasteiger partial charge in [0.25, 0.3) is 5.91 Å². The molecule has 0 spiro atoms. The largest absolute Gasteiger partial charge is 0.492 e. The van der Waals surface area contributed by atoms with E-state index >= 15 is 0 Å². The first-order chi connectivity index (χ1) is 14.5. The van der Waals surface area contributed by atoms with E-state index < -0.39 is 11.0 Å². The van der Waals surface area contributed by atoms with Gasteiger partial charge in [0, 0.05) is 17.4 Å². The SMILES string of the molecule is CC(C)S(=O)NCCc1ccc2cc(OCCNC(=O)c3ccccc3)ccc2c1. The zero-order valence-electron chi connectivity index (χ0n) is 17.4. The quantitative estimate of drug-likeness (QED) is 0.486. The molecule has 0 saturated heterocycles. The molecule has 1 unspecified atom stereocenters. The molecule has 158 valence electrons. The van der Waals surface area contributed by atoms with Crippen LogP contribution in [0.25, 0.3) is 10.8 Å². The summed E-state index contributed by atoms with van der Waals surface area (Å²) >= 11 is 0. The van der Waals surface area contributed by atoms with Crippen LogP contribution in [0.4, 0.5) is 0 Å². The number of hydrogen-bond acceptors (Lipinski definition) is 3. The zero-order chi connectivity index (χ0) is 21.3. The Morgan fingerprint density at radius 3 is 2.47 bits per heavy atom. The summed E-state index contributed by atoms with van der Waals surface area (Å²) in [7, 11) is -0.987. The highest BCUT2D eigenvalue weighted by Crippen LogP contribution is 2.22. The van der Waals surface area contributed by atoms with Crippen molar-refractivity contribution in [3.8, 4) is 5.75 Å². The van der Waals surface area contributed by atoms with Gasteiger partial charge in [-0.05, 0) is 60.9 Å². The third-order valence-electron chi connectivity index (χ3n) is 4.65. The first kappa shape index (κ1) is 22.0. The second kappa shape index (κ2) is 10.9. The summed E-state index contributed by atoms with van der Waals surface area (Å²) in [4.78, 5) is 12.0. The van der Waals surface area contributed by atoms with E-state index in [4.69, 9.17) is 4.74 Å². The van der Waals surface area contributed by atoms with Gasteiger partial charge in [-0.25, -0.2) is 8.93 Å². The Hall–Kier alpha value is -2.70. The van der Waals surface area contributed by atoms with Gasteiger partial charge in [0.15, 0.2) is 0 Å². The van der Waals surface area contributed by atoms with Gasteiger partial charge in [-0.15, -0.1) is 0 Å². The molecule has 30 heavy (non-hydrogen) atoms. The maximum absolute atomic E-state index is 12.0. The number of carbonyl (C=O) groups is 1. The number of fused-ring (bicyclic) bond motifs is 1. The molecule has 3 aromatic rings. The molecule has 0 aliphatic carbocycles. The minimum Gasteiger partial charge on any atom is -0.492 e. The van der Waals surface area contributed by atoms with Crippen LogP contribution in [0.15, 0.2) is 66.7 Å². The van der Waals surface area contributed by atoms with Crippen LogP contribution in [0.2, 0.25) is 0 Å². The second-order valence-electron chi connectivity index (χ2n) is 7.30. The lowest BCUT2D eigenvalue weighted by atomic mass is 10.0. The van der Waals surface area contributed by atoms with Crippen LogP contribution < -0.4 is 14.8 Å². The van der Waals surface area contributed by atoms with Gasteiger partial charge in [0.1, 0.15) is 12.4 Å². The maximum Gasteiger partial charge on any atom is 0.251 e. The fourth-order valence-electron chi connectivity index (χ4n) is 3.01. The van der Waals surface area contributed by atoms with E-state index in [0.29, 0.717) is 25.3 Å². The Morgan fingerprint density at radius 2 is 1.70 bits per heavy atom. The average molecular weight is 425 g/mol. The van der Waals surface area contributed by atoms with Gasteiger partial charge >= 0.3 is 0 Å². The average Bonchev–Trinajstić information content (AvgIpc) is 2.77. The van der Waals surface area contributed by atoms with Gasteiger partial charge in [0.05, 0.1) is 17.5 Å². The minimum atomic E-state index is -0.987. The minimum absolute atomic E-state index is 0.100. The normalized spacial score (nSPS) is 12.1. The Kier molecular flexibility index (Phi) is 7.99. The topological polar surface area (TPSA) is 67.4 Å². The van der Waals surface area contributed by atoms with Crippen molar-refractivity contribution in [2.75, 3.05) is 19.7 Å². The van der Waals surface area contributed by atoms with Crippen molar-refractivity contribution in [3.63, 3.8) is 0 Å². The number of nitrogens with one attached hydrogen (secondary N) is 2. The molecule has 5 nitrogen and oxygen atoms in total. The molecule has 0 bridgehead atoms. The predicted molar refractivity (Wildman–Crippen MR) is 123 cm³/mol. The number of rotatable bonds is 10. The third kappa shape index (κ3) is 6.40. The van der Waals surface area contributed by atoms with Crippen LogP contribution in [0.3, 0.4) is 0 Å². The number of amides is 1. The summed E-state index contributed by atoms with van der Waals surface area (Å²) in [5, 5.41) is 5.22. The number of hydrogen-bond donors (Lipinski definition) is 2. The Morgan fingerprint density at radius 1 is 0.967 bits per heavy atom. The zero-order valence-corrected chi connectivity index (χ0v) is 18.2. The molecule has 0 aromatic heterocycles. The number of benzene rings is 3. The molecule has 0 aliphatic rings. The Balaban J connectivity index is 1.48. The lowest BCUT2D eigenvalue weighted by Gasteiger charge is -2.10. The third-order valence-corrected chi connectivity index (χ3v) is 6.00. The summed E-state index contributed by atoms with van der Waals surface area (Å²) in [5.74, 6) is 0.676. The van der Waals surface area contributed by atoms with Gasteiger partial charge in [-0.2, -0.15) is 0 Å². The smallest absolute Gasteiger partial charge is 0.251 e. The van der Waals surface area contributed by atoms with Crippen molar-refractivity contribution in [2.45, 2.75) is 25.5 Å². The highest BCUT2D eigenvalue weighted by atomic mass is 32.2. The van der Waals surface area contributed by atoms with Gasteiger partial charge in [-0.3, -0.25) is 4.79 Å². The van der Waals surface area contributed by atoms with Gasteiger partial charge in [0.2, 0.25) is 0 Å². The summed E-state index contributed by atoms with van der Waals surface area (Å²) in [6, 6.07) is 21.4. The molecular formula is C24H28N2O3S. The molecule has 0 saturated carbocycles. The Labute approximate surface area is 180 Å². The highest BCUT2D eigenvalue weighted by molar-refractivity contribution is 7.83. The molecule has 0 fully saturated rings. The first-order valence-electron chi connectivity index (χ1n) is 10.2. The van der Waals surface area contributed by atoms with Crippen molar-refractivity contribution in [2.24, 2.45) is 0 Å². The molecule has 0 heterocycles. The second-order valence-corrected chi connectivity index (χ2v) is 9.13. The fourth-order valence-corrected chi connectivity index (χ4v) is 3.64. The van der Waals surface area contributed by atoms with E-state index in [2.05, 4.69) is 28.2 Å². The molecule has 0 aliphatic heterocycles. The van der Waals surface area contributed by atoms with Crippen LogP contribution in [-0.4, -0.2) is 35.1 Å². The van der Waals surface area contributed by atoms with E-state index in [1.807, 2.05) is 50.2 Å². The summed E-state index contributed by atoms with van der Waals surface area (Å²) in [5.41, 5.74) is 1.85. The van der Waals surface area contributed by atoms with E-state index in [9.17, 15) is 9.00 Å². The predicted octanol–water partition coefficient (Wildman–Crippen LogP) is 3.85. The monoisotopic (exact) mass is 424 g/mol. The van der Waals surface area contributed by atoms with E-state index in [0.717, 1.165) is 22.9 Å². The van der Waals surface area contributed by atoms with Crippen molar-refractivity contribution >= 4 is 27.7 Å². The lowest BCUT2D eigenvalue weighted by molar-refractivity contribution is 0.0947. The number of ether oxygens (including phenoxy) is 1. The lowest BCUT2D eigenvalue weighted by Crippen LogP contribution is -2.27. The highest BCUT2D eigenvalue weighted by Gasteiger charge is 2.05. The first-order valence-corrected chi connectivity index (χ1v) is 11.4. The van der Waals surface area contributed by atoms with E-state index in [1.165, 1.54) is 5.56 Å². The summed E-state index contributed by atoms with van der Waals surface area (Å²) < 4.78 is 20.6. The number of carbonyl (C=O) groups excluding carboxylic acids is 1. The molecule has 3 aromatic carbocycles. The van der Waals surface area contributed by atoms with E-state index in [-0.39, 0.29) is 11.2 Å². The molecular weight excluding hydrogens is 396 g/mol. The van der Waals surface area contributed by atoms with Crippen LogP contribution in [0, 0.1) is 0 Å². The molecule has 0 radical (unpaired) electrons. The van der Waals surface area contributed by atoms with Crippen LogP contribution in [0.5, 0.6) is 5.75 Å². The Bertz CT molecular complexity index is 1010. The summed E-state index contributed by atoms with van der Waals surface area (Å²) in [6.07, 6.45) is 0.827. The molecule has 2 N–H and O–H groups in total. The van der Waals surface area contributed by atoms with Crippen LogP contribution >= 0.6 is 0 Å². The molecule has 6 heteroatoms. The van der Waals surface area contributed by atoms with Crippen molar-refractivity contribution in [1.82, 2.24) is 10.0 Å². The summed E-state index contributed by atoms with van der Waals surface area (Å²) in [6.45, 7) is 5.41. The van der Waals surface area contributed by atoms with E-state index in [1.54, 1.807) is 12.1 Å². The van der Waals surface area contributed by atoms with Crippen molar-refractivity contribution in [1.29, 1.82) is 0 Å². The molecule has 1 atom stereocenters.